The van der Waals surface area contributed by atoms with Crippen LogP contribution in [0, 0.1) is 30.6 Å². The molecule has 12 heavy (non-hydrogen) atoms. The third kappa shape index (κ3) is 4940. The van der Waals surface area contributed by atoms with Crippen molar-refractivity contribution in [3.05, 3.63) is 30.6 Å². The number of aliphatic hydroxyl groups excluding tert-OH is 1. The molecule has 0 heterocycles. The van der Waals surface area contributed by atoms with E-state index in [1.165, 1.54) is 0 Å². The second-order valence-electron chi connectivity index (χ2n) is 0.763. The Morgan fingerprint density at radius 2 is 1.08 bits per heavy atom. The minimum Gasteiger partial charge on any atom is -0.397 e. The van der Waals surface area contributed by atoms with E-state index in [9.17, 15) is 0 Å². The molecule has 0 saturated carbocycles. The molecule has 0 aromatic rings. The van der Waals surface area contributed by atoms with Gasteiger partial charge in [0.05, 0.1) is 10.2 Å². The van der Waals surface area contributed by atoms with Crippen molar-refractivity contribution in [3.63, 3.8) is 0 Å². The molecule has 1 N–H and O–H groups in total. The molecule has 0 fully saturated rings. The van der Waals surface area contributed by atoms with Gasteiger partial charge in [-0.15, -0.1) is 0 Å². The van der Waals surface area contributed by atoms with Crippen LogP contribution in [0.5, 0.6) is 0 Å². The van der Waals surface area contributed by atoms with Crippen molar-refractivity contribution in [2.24, 2.45) is 0 Å². The Morgan fingerprint density at radius 3 is 1.08 bits per heavy atom. The molecule has 0 radical (unpaired) electrons. The maximum absolute atomic E-state index is 8.25. The van der Waals surface area contributed by atoms with Gasteiger partial charge in [-0.25, -0.2) is 0 Å². The van der Waals surface area contributed by atoms with E-state index in [1.807, 2.05) is 0 Å². The average molecular weight is 210 g/mol. The molecular formula is C2H6CaN2O7. The van der Waals surface area contributed by atoms with E-state index >= 15 is 0 Å². The SMILES string of the molecule is CCO.O=[N+]([O-])[O-].O=[N+]([O-])[O-].[Ca+2]. The quantitative estimate of drug-likeness (QED) is 0.310. The van der Waals surface area contributed by atoms with Crippen LogP contribution in [0.25, 0.3) is 0 Å². The van der Waals surface area contributed by atoms with E-state index in [-0.39, 0.29) is 44.3 Å². The van der Waals surface area contributed by atoms with Crippen LogP contribution < -0.4 is 0 Å². The first-order valence-corrected chi connectivity index (χ1v) is 2.12. The molecule has 0 spiro atoms. The predicted molar refractivity (Wildman–Crippen MR) is 39.2 cm³/mol. The van der Waals surface area contributed by atoms with Gasteiger partial charge in [-0.1, -0.05) is 0 Å². The second-order valence-corrected chi connectivity index (χ2v) is 0.763. The largest absolute Gasteiger partial charge is 2.00 e. The molecule has 10 heteroatoms. The maximum atomic E-state index is 8.25. The van der Waals surface area contributed by atoms with E-state index in [4.69, 9.17) is 35.7 Å². The van der Waals surface area contributed by atoms with Crippen LogP contribution in [0.3, 0.4) is 0 Å². The van der Waals surface area contributed by atoms with Crippen LogP contribution in [0.2, 0.25) is 0 Å². The summed E-state index contributed by atoms with van der Waals surface area (Å²) in [5.41, 5.74) is 0. The molecule has 0 rings (SSSR count). The number of nitrogens with zero attached hydrogens (tertiary/aromatic N) is 2. The van der Waals surface area contributed by atoms with Crippen molar-refractivity contribution >= 4 is 37.7 Å². The van der Waals surface area contributed by atoms with Gasteiger partial charge >= 0.3 is 37.7 Å². The normalized spacial score (nSPS) is 5.50. The maximum Gasteiger partial charge on any atom is 2.00 e. The molecule has 68 valence electrons. The van der Waals surface area contributed by atoms with Crippen LogP contribution >= 0.6 is 0 Å². The van der Waals surface area contributed by atoms with E-state index in [1.54, 1.807) is 6.92 Å². The zero-order valence-corrected chi connectivity index (χ0v) is 8.41. The average Bonchev–Trinajstić information content (AvgIpc) is 1.60. The van der Waals surface area contributed by atoms with Crippen LogP contribution in [0.15, 0.2) is 0 Å². The number of rotatable bonds is 0. The second kappa shape index (κ2) is 22.4. The minimum atomic E-state index is -1.75. The zero-order valence-electron chi connectivity index (χ0n) is 6.21. The van der Waals surface area contributed by atoms with Crippen molar-refractivity contribution in [2.75, 3.05) is 6.61 Å². The fraction of sp³-hybridized carbons (Fsp3) is 1.00. The van der Waals surface area contributed by atoms with Crippen molar-refractivity contribution in [1.82, 2.24) is 0 Å². The molecule has 0 amide bonds. The Hall–Kier alpha value is -0.380. The Kier molecular flexibility index (Phi) is 42.2. The van der Waals surface area contributed by atoms with E-state index in [0.29, 0.717) is 0 Å². The Bertz CT molecular complexity index is 87.6. The number of hydrogen-bond acceptors (Lipinski definition) is 7. The van der Waals surface area contributed by atoms with Gasteiger partial charge in [0.2, 0.25) is 0 Å². The summed E-state index contributed by atoms with van der Waals surface area (Å²) in [7, 11) is 0. The summed E-state index contributed by atoms with van der Waals surface area (Å²) in [6, 6.07) is 0. The first-order valence-electron chi connectivity index (χ1n) is 2.12. The first kappa shape index (κ1) is 22.6. The fourth-order valence-electron chi connectivity index (χ4n) is 0. The minimum absolute atomic E-state index is 0. The monoisotopic (exact) mass is 210 g/mol. The Morgan fingerprint density at radius 1 is 1.08 bits per heavy atom. The molecule has 0 unspecified atom stereocenters. The van der Waals surface area contributed by atoms with Gasteiger partial charge in [-0.2, -0.15) is 0 Å². The fourth-order valence-corrected chi connectivity index (χ4v) is 0. The topological polar surface area (TPSA) is 153 Å². The predicted octanol–water partition coefficient (Wildman–Crippen LogP) is -0.860. The summed E-state index contributed by atoms with van der Waals surface area (Å²) in [5.74, 6) is 0. The van der Waals surface area contributed by atoms with Crippen molar-refractivity contribution < 1.29 is 15.3 Å². The van der Waals surface area contributed by atoms with Crippen LogP contribution in [0.1, 0.15) is 6.92 Å². The van der Waals surface area contributed by atoms with E-state index in [2.05, 4.69) is 0 Å². The summed E-state index contributed by atoms with van der Waals surface area (Å²) >= 11 is 0. The summed E-state index contributed by atoms with van der Waals surface area (Å²) in [4.78, 5) is 16.5. The van der Waals surface area contributed by atoms with Crippen molar-refractivity contribution in [2.45, 2.75) is 6.92 Å². The molecule has 0 aromatic heterocycles. The molecule has 0 aliphatic carbocycles. The molecule has 0 aliphatic rings. The van der Waals surface area contributed by atoms with Crippen molar-refractivity contribution in [3.8, 4) is 0 Å². The van der Waals surface area contributed by atoms with E-state index < -0.39 is 10.2 Å². The molecule has 0 saturated heterocycles. The molecule has 9 nitrogen and oxygen atoms in total. The summed E-state index contributed by atoms with van der Waals surface area (Å²) in [5, 5.41) is 37.1. The van der Waals surface area contributed by atoms with Gasteiger partial charge in [-0.05, 0) is 6.92 Å². The smallest absolute Gasteiger partial charge is 0.397 e. The van der Waals surface area contributed by atoms with Gasteiger partial charge in [0.1, 0.15) is 0 Å². The Labute approximate surface area is 96.8 Å². The van der Waals surface area contributed by atoms with Gasteiger partial charge in [0.25, 0.3) is 0 Å². The molecule has 0 aromatic carbocycles. The Balaban J connectivity index is -0.0000000389. The molecule has 0 bridgehead atoms. The third-order valence-electron chi connectivity index (χ3n) is 0. The number of aliphatic hydroxyl groups is 1. The van der Waals surface area contributed by atoms with Crippen LogP contribution in [-0.4, -0.2) is 59.6 Å². The van der Waals surface area contributed by atoms with Crippen molar-refractivity contribution in [1.29, 1.82) is 0 Å². The molecule has 0 atom stereocenters. The third-order valence-corrected chi connectivity index (χ3v) is 0. The van der Waals surface area contributed by atoms with Gasteiger partial charge < -0.3 is 35.7 Å². The van der Waals surface area contributed by atoms with Crippen LogP contribution in [-0.2, 0) is 0 Å². The molecular weight excluding hydrogens is 204 g/mol. The number of hydrogen-bond donors (Lipinski definition) is 1. The summed E-state index contributed by atoms with van der Waals surface area (Å²) in [6.45, 7) is 1.93. The van der Waals surface area contributed by atoms with Gasteiger partial charge in [0.15, 0.2) is 0 Å². The summed E-state index contributed by atoms with van der Waals surface area (Å²) < 4.78 is 0. The zero-order chi connectivity index (χ0) is 9.86. The van der Waals surface area contributed by atoms with Gasteiger partial charge in [0, 0.05) is 6.61 Å². The van der Waals surface area contributed by atoms with E-state index in [0.717, 1.165) is 0 Å². The van der Waals surface area contributed by atoms with Gasteiger partial charge in [-0.3, -0.25) is 0 Å². The van der Waals surface area contributed by atoms with Crippen LogP contribution in [0.4, 0.5) is 0 Å². The standard InChI is InChI=1S/C2H6O.Ca.2NO3/c1-2-3;;2*2-1(3)4/h3H,2H2,1H3;;;/q;+2;2*-1. The molecule has 0 aliphatic heterocycles. The summed E-state index contributed by atoms with van der Waals surface area (Å²) in [6.07, 6.45) is 0. The first-order chi connectivity index (χ1) is 4.88.